The quantitative estimate of drug-likeness (QED) is 0.0962. The molecule has 3 aliphatic rings. The Bertz CT molecular complexity index is 1020. The van der Waals surface area contributed by atoms with E-state index in [0.29, 0.717) is 6.29 Å². The molecular weight excluding hydrogens is 590 g/mol. The third-order valence-electron chi connectivity index (χ3n) is 7.31. The van der Waals surface area contributed by atoms with E-state index in [2.05, 4.69) is 10.3 Å². The minimum absolute atomic E-state index is 0.0946. The second-order valence-corrected chi connectivity index (χ2v) is 10.3. The molecule has 43 heavy (non-hydrogen) atoms. The van der Waals surface area contributed by atoms with Crippen LogP contribution in [0.25, 0.3) is 0 Å². The summed E-state index contributed by atoms with van der Waals surface area (Å²) in [6.07, 6.45) is -22.3. The molecule has 3 fully saturated rings. The highest BCUT2D eigenvalue weighted by Crippen LogP contribution is 2.28. The lowest BCUT2D eigenvalue weighted by molar-refractivity contribution is -0.342. The van der Waals surface area contributed by atoms with E-state index in [9.17, 15) is 55.9 Å². The average Bonchev–Trinajstić information content (AvgIpc) is 3.47. The molecule has 10 N–H and O–H groups in total. The number of hydrogen-bond donors (Lipinski definition) is 10. The zero-order valence-electron chi connectivity index (χ0n) is 22.5. The number of hydrogen-bond acceptors (Lipinski definition) is 19. The number of ether oxygens (including phenoxy) is 6. The average molecular weight is 628 g/mol. The summed E-state index contributed by atoms with van der Waals surface area (Å²) in [5.74, 6) is 0. The number of rotatable bonds is 12. The van der Waals surface area contributed by atoms with Gasteiger partial charge in [-0.2, -0.15) is 0 Å². The van der Waals surface area contributed by atoms with Crippen molar-refractivity contribution in [1.29, 1.82) is 0 Å². The highest BCUT2D eigenvalue weighted by Gasteiger charge is 2.49. The van der Waals surface area contributed by atoms with Crippen LogP contribution in [0.4, 0.5) is 0 Å². The highest BCUT2D eigenvalue weighted by atomic mass is 16.7. The van der Waals surface area contributed by atoms with Crippen molar-refractivity contribution in [3.05, 3.63) is 11.9 Å². The molecule has 3 aliphatic heterocycles. The fraction of sp³-hybridized carbons (Fsp3) is 0.870. The van der Waals surface area contributed by atoms with Crippen LogP contribution in [0.1, 0.15) is 10.5 Å². The first-order valence-electron chi connectivity index (χ1n) is 13.4. The third-order valence-corrected chi connectivity index (χ3v) is 7.31. The minimum atomic E-state index is -1.82. The molecule has 0 radical (unpaired) electrons. The summed E-state index contributed by atoms with van der Waals surface area (Å²) in [6, 6.07) is 0. The Morgan fingerprint density at radius 1 is 0.674 bits per heavy atom. The molecule has 4 heterocycles. The van der Waals surface area contributed by atoms with Gasteiger partial charge in [-0.1, -0.05) is 5.21 Å². The number of aliphatic hydroxyl groups excluding tert-OH is 10. The van der Waals surface area contributed by atoms with E-state index in [1.54, 1.807) is 0 Å². The maximum Gasteiger partial charge on any atom is 0.186 e. The van der Waals surface area contributed by atoms with Crippen molar-refractivity contribution < 1.29 is 84.3 Å². The molecule has 1 aromatic rings. The predicted molar refractivity (Wildman–Crippen MR) is 130 cm³/mol. The Hall–Kier alpha value is -1.83. The predicted octanol–water partition coefficient (Wildman–Crippen LogP) is -7.44. The van der Waals surface area contributed by atoms with E-state index in [1.165, 1.54) is 10.9 Å². The van der Waals surface area contributed by atoms with Crippen LogP contribution in [0, 0.1) is 0 Å². The molecule has 1 aromatic heterocycles. The Balaban J connectivity index is 1.31. The Kier molecular flexibility index (Phi) is 11.9. The van der Waals surface area contributed by atoms with Gasteiger partial charge >= 0.3 is 0 Å². The molecule has 0 aliphatic carbocycles. The fourth-order valence-electron chi connectivity index (χ4n) is 4.71. The highest BCUT2D eigenvalue weighted by molar-refractivity contribution is 5.70. The van der Waals surface area contributed by atoms with Crippen LogP contribution in [0.5, 0.6) is 0 Å². The molecule has 246 valence electrons. The number of aromatic nitrogens is 3. The maximum absolute atomic E-state index is 10.7. The van der Waals surface area contributed by atoms with E-state index in [1.807, 2.05) is 0 Å². The summed E-state index contributed by atoms with van der Waals surface area (Å²) in [4.78, 5) is 10.7. The van der Waals surface area contributed by atoms with Crippen LogP contribution >= 0.6 is 0 Å². The second-order valence-electron chi connectivity index (χ2n) is 10.3. The maximum atomic E-state index is 10.7. The standard InChI is InChI=1S/C23H37N3O17/c27-4-8-3-26(25-24-8)1-2-38-21-18(35)16(33)13(30)10(42-21)6-40-23-20(37)17(34)14(31)11(43-23)7-39-22-19(36)15(32)12(29)9(5-28)41-22/h3-4,9-23,28-37H,1-2,5-7H2/t9-,10?,11?,12-,13-,14-,15+,16+,17+,18-,19-,20-,21-,22-,23-/m1/s1. The molecule has 0 aromatic carbocycles. The van der Waals surface area contributed by atoms with Crippen molar-refractivity contribution >= 4 is 6.29 Å². The van der Waals surface area contributed by atoms with Gasteiger partial charge in [0.05, 0.1) is 39.2 Å². The molecule has 20 nitrogen and oxygen atoms in total. The summed E-state index contributed by atoms with van der Waals surface area (Å²) in [5.41, 5.74) is 0.0946. The van der Waals surface area contributed by atoms with Gasteiger partial charge in [0.25, 0.3) is 0 Å². The molecule has 15 atom stereocenters. The molecule has 0 bridgehead atoms. The first-order valence-corrected chi connectivity index (χ1v) is 13.4. The van der Waals surface area contributed by atoms with E-state index < -0.39 is 112 Å². The Morgan fingerprint density at radius 3 is 1.56 bits per heavy atom. The van der Waals surface area contributed by atoms with Gasteiger partial charge in [0.1, 0.15) is 78.9 Å². The summed E-state index contributed by atoms with van der Waals surface area (Å²) in [6.45, 7) is -1.87. The molecule has 2 unspecified atom stereocenters. The lowest BCUT2D eigenvalue weighted by Gasteiger charge is -2.43. The van der Waals surface area contributed by atoms with Gasteiger partial charge in [0, 0.05) is 0 Å². The molecular formula is C23H37N3O17. The number of carbonyl (C=O) groups is 1. The lowest BCUT2D eigenvalue weighted by Crippen LogP contribution is -2.62. The van der Waals surface area contributed by atoms with Crippen molar-refractivity contribution in [2.24, 2.45) is 0 Å². The number of nitrogens with zero attached hydrogens (tertiary/aromatic N) is 3. The van der Waals surface area contributed by atoms with Gasteiger partial charge < -0.3 is 79.5 Å². The van der Waals surface area contributed by atoms with Gasteiger partial charge in [-0.25, -0.2) is 4.68 Å². The first-order chi connectivity index (χ1) is 20.5. The van der Waals surface area contributed by atoms with E-state index >= 15 is 0 Å². The molecule has 0 amide bonds. The van der Waals surface area contributed by atoms with Crippen molar-refractivity contribution in [3.63, 3.8) is 0 Å². The van der Waals surface area contributed by atoms with Gasteiger partial charge in [-0.3, -0.25) is 4.79 Å². The van der Waals surface area contributed by atoms with Crippen LogP contribution in [-0.4, -0.2) is 191 Å². The molecule has 3 saturated heterocycles. The minimum Gasteiger partial charge on any atom is -0.394 e. The molecule has 4 rings (SSSR count). The summed E-state index contributed by atoms with van der Waals surface area (Å²) in [5, 5.41) is 109. The smallest absolute Gasteiger partial charge is 0.186 e. The van der Waals surface area contributed by atoms with E-state index in [4.69, 9.17) is 28.4 Å². The van der Waals surface area contributed by atoms with Crippen LogP contribution in [0.15, 0.2) is 6.20 Å². The van der Waals surface area contributed by atoms with Crippen LogP contribution < -0.4 is 0 Å². The monoisotopic (exact) mass is 627 g/mol. The normalized spacial score (nSPS) is 43.9. The number of aliphatic hydroxyl groups is 10. The summed E-state index contributed by atoms with van der Waals surface area (Å²) >= 11 is 0. The van der Waals surface area contributed by atoms with Gasteiger partial charge in [0.15, 0.2) is 25.2 Å². The second kappa shape index (κ2) is 15.0. The SMILES string of the molecule is O=Cc1cn(CCO[C@@H]2OC(CO[C@@H]3OC(CO[C@@H]4O[C@H](CO)[C@@H](O)[C@H](O)[C@H]4O)[C@@H](O)[C@H](O)[C@H]3O)[C@@H](O)[C@H](O)[C@H]2O)nn1. The van der Waals surface area contributed by atoms with Gasteiger partial charge in [-0.15, -0.1) is 5.10 Å². The topological polar surface area (TPSA) is 305 Å². The van der Waals surface area contributed by atoms with Crippen molar-refractivity contribution in [2.75, 3.05) is 26.4 Å². The van der Waals surface area contributed by atoms with Crippen molar-refractivity contribution in [2.45, 2.75) is 98.7 Å². The zero-order valence-corrected chi connectivity index (χ0v) is 22.5. The summed E-state index contributed by atoms with van der Waals surface area (Å²) in [7, 11) is 0. The van der Waals surface area contributed by atoms with Crippen LogP contribution in [0.3, 0.4) is 0 Å². The van der Waals surface area contributed by atoms with E-state index in [-0.39, 0.29) is 18.8 Å². The van der Waals surface area contributed by atoms with E-state index in [0.717, 1.165) is 0 Å². The lowest BCUT2D eigenvalue weighted by atomic mass is 9.98. The largest absolute Gasteiger partial charge is 0.394 e. The third kappa shape index (κ3) is 7.70. The van der Waals surface area contributed by atoms with Crippen LogP contribution in [0.2, 0.25) is 0 Å². The van der Waals surface area contributed by atoms with Gasteiger partial charge in [-0.05, 0) is 0 Å². The number of carbonyl (C=O) groups excluding carboxylic acids is 1. The number of aldehydes is 1. The van der Waals surface area contributed by atoms with Crippen molar-refractivity contribution in [3.8, 4) is 0 Å². The molecule has 0 spiro atoms. The van der Waals surface area contributed by atoms with Crippen LogP contribution in [-0.2, 0) is 35.0 Å². The molecule has 0 saturated carbocycles. The Morgan fingerprint density at radius 2 is 1.12 bits per heavy atom. The first kappa shape index (κ1) is 34.1. The van der Waals surface area contributed by atoms with Crippen molar-refractivity contribution in [1.82, 2.24) is 15.0 Å². The molecule has 20 heteroatoms. The zero-order chi connectivity index (χ0) is 31.4. The fourth-order valence-corrected chi connectivity index (χ4v) is 4.71. The van der Waals surface area contributed by atoms with Gasteiger partial charge in [0.2, 0.25) is 0 Å². The Labute approximate surface area is 243 Å². The summed E-state index contributed by atoms with van der Waals surface area (Å²) < 4.78 is 33.9.